The fraction of sp³-hybridized carbons (Fsp3) is 0.261. The number of halogens is 1. The fourth-order valence-corrected chi connectivity index (χ4v) is 3.17. The maximum atomic E-state index is 12.5. The Kier molecular flexibility index (Phi) is 6.72. The van der Waals surface area contributed by atoms with E-state index in [4.69, 9.17) is 16.3 Å². The molecule has 0 bridgehead atoms. The maximum absolute atomic E-state index is 12.5. The first-order valence-electron chi connectivity index (χ1n) is 9.34. The average molecular weight is 382 g/mol. The van der Waals surface area contributed by atoms with Crippen LogP contribution in [0.2, 0.25) is 5.02 Å². The highest BCUT2D eigenvalue weighted by molar-refractivity contribution is 6.30. The number of rotatable bonds is 8. The molecule has 1 unspecified atom stereocenters. The van der Waals surface area contributed by atoms with Crippen LogP contribution in [0.3, 0.4) is 0 Å². The summed E-state index contributed by atoms with van der Waals surface area (Å²) in [6.45, 7) is 2.58. The second-order valence-electron chi connectivity index (χ2n) is 6.51. The summed E-state index contributed by atoms with van der Waals surface area (Å²) in [6.07, 6.45) is 1.90. The van der Waals surface area contributed by atoms with Gasteiger partial charge in [-0.1, -0.05) is 67.1 Å². The summed E-state index contributed by atoms with van der Waals surface area (Å²) in [7, 11) is 0. The van der Waals surface area contributed by atoms with E-state index >= 15 is 0 Å². The van der Waals surface area contributed by atoms with E-state index in [2.05, 4.69) is 5.32 Å². The molecule has 0 fully saturated rings. The Morgan fingerprint density at radius 3 is 2.56 bits per heavy atom. The van der Waals surface area contributed by atoms with E-state index in [1.807, 2.05) is 73.7 Å². The van der Waals surface area contributed by atoms with E-state index in [-0.39, 0.29) is 5.91 Å². The van der Waals surface area contributed by atoms with Gasteiger partial charge in [-0.2, -0.15) is 0 Å². The van der Waals surface area contributed by atoms with Crippen LogP contribution in [0.4, 0.5) is 0 Å². The minimum atomic E-state index is -0.494. The Bertz CT molecular complexity index is 887. The first-order valence-corrected chi connectivity index (χ1v) is 9.71. The molecule has 3 nitrogen and oxygen atoms in total. The summed E-state index contributed by atoms with van der Waals surface area (Å²) in [6, 6.07) is 21.8. The largest absolute Gasteiger partial charge is 0.480 e. The minimum Gasteiger partial charge on any atom is -0.480 e. The van der Waals surface area contributed by atoms with Crippen molar-refractivity contribution in [1.82, 2.24) is 5.32 Å². The molecule has 0 radical (unpaired) electrons. The number of hydrogen-bond donors (Lipinski definition) is 1. The molecule has 0 aliphatic heterocycles. The molecule has 3 aromatic carbocycles. The summed E-state index contributed by atoms with van der Waals surface area (Å²) in [5.74, 6) is 0.679. The lowest BCUT2D eigenvalue weighted by atomic mass is 10.1. The van der Waals surface area contributed by atoms with E-state index in [1.54, 1.807) is 0 Å². The highest BCUT2D eigenvalue weighted by Gasteiger charge is 2.18. The SMILES string of the molecule is CCC(Oc1cccc2ccccc12)C(=O)NCCCc1ccc(Cl)cc1. The Morgan fingerprint density at radius 2 is 1.78 bits per heavy atom. The Labute approximate surface area is 165 Å². The Morgan fingerprint density at radius 1 is 1.04 bits per heavy atom. The predicted molar refractivity (Wildman–Crippen MR) is 111 cm³/mol. The first kappa shape index (κ1) is 19.2. The standard InChI is InChI=1S/C23H24ClNO2/c1-2-21(27-22-11-5-9-18-8-3-4-10-20(18)22)23(26)25-16-6-7-17-12-14-19(24)15-13-17/h3-5,8-15,21H,2,6-7,16H2,1H3,(H,25,26). The van der Waals surface area contributed by atoms with Crippen LogP contribution in [0.15, 0.2) is 66.7 Å². The molecule has 1 atom stereocenters. The van der Waals surface area contributed by atoms with Gasteiger partial charge in [0.1, 0.15) is 5.75 Å². The van der Waals surface area contributed by atoms with Crippen molar-refractivity contribution >= 4 is 28.3 Å². The zero-order valence-electron chi connectivity index (χ0n) is 15.5. The van der Waals surface area contributed by atoms with Crippen LogP contribution < -0.4 is 10.1 Å². The summed E-state index contributed by atoms with van der Waals surface area (Å²) < 4.78 is 6.04. The number of benzene rings is 3. The quantitative estimate of drug-likeness (QED) is 0.530. The van der Waals surface area contributed by atoms with Crippen molar-refractivity contribution in [2.24, 2.45) is 0 Å². The van der Waals surface area contributed by atoms with E-state index < -0.39 is 6.10 Å². The van der Waals surface area contributed by atoms with Crippen LogP contribution in [0.25, 0.3) is 10.8 Å². The molecule has 1 amide bonds. The van der Waals surface area contributed by atoms with E-state index in [0.29, 0.717) is 13.0 Å². The number of aryl methyl sites for hydroxylation is 1. The second-order valence-corrected chi connectivity index (χ2v) is 6.95. The maximum Gasteiger partial charge on any atom is 0.261 e. The van der Waals surface area contributed by atoms with E-state index in [1.165, 1.54) is 5.56 Å². The van der Waals surface area contributed by atoms with Gasteiger partial charge in [-0.25, -0.2) is 0 Å². The highest BCUT2D eigenvalue weighted by atomic mass is 35.5. The molecule has 0 spiro atoms. The van der Waals surface area contributed by atoms with Crippen LogP contribution in [0.1, 0.15) is 25.3 Å². The van der Waals surface area contributed by atoms with Gasteiger partial charge in [0.25, 0.3) is 5.91 Å². The van der Waals surface area contributed by atoms with Gasteiger partial charge in [-0.3, -0.25) is 4.79 Å². The molecule has 0 heterocycles. The van der Waals surface area contributed by atoms with Crippen LogP contribution in [-0.4, -0.2) is 18.6 Å². The molecule has 27 heavy (non-hydrogen) atoms. The number of nitrogens with one attached hydrogen (secondary N) is 1. The van der Waals surface area contributed by atoms with Crippen molar-refractivity contribution in [3.8, 4) is 5.75 Å². The lowest BCUT2D eigenvalue weighted by molar-refractivity contribution is -0.128. The molecule has 0 aliphatic carbocycles. The molecule has 0 saturated carbocycles. The Balaban J connectivity index is 1.53. The number of carbonyl (C=O) groups excluding carboxylic acids is 1. The number of ether oxygens (including phenoxy) is 1. The summed E-state index contributed by atoms with van der Waals surface area (Å²) in [5, 5.41) is 5.86. The summed E-state index contributed by atoms with van der Waals surface area (Å²) >= 11 is 5.90. The van der Waals surface area contributed by atoms with Gasteiger partial charge in [-0.05, 0) is 48.4 Å². The van der Waals surface area contributed by atoms with Gasteiger partial charge in [0.2, 0.25) is 0 Å². The van der Waals surface area contributed by atoms with Crippen LogP contribution in [-0.2, 0) is 11.2 Å². The molecule has 0 aromatic heterocycles. The first-order chi connectivity index (χ1) is 13.2. The minimum absolute atomic E-state index is 0.0680. The van der Waals surface area contributed by atoms with Crippen molar-refractivity contribution in [2.75, 3.05) is 6.54 Å². The van der Waals surface area contributed by atoms with Crippen molar-refractivity contribution in [3.63, 3.8) is 0 Å². The molecular formula is C23H24ClNO2. The fourth-order valence-electron chi connectivity index (χ4n) is 3.04. The third-order valence-corrected chi connectivity index (χ3v) is 4.79. The van der Waals surface area contributed by atoms with Gasteiger partial charge in [-0.15, -0.1) is 0 Å². The molecular weight excluding hydrogens is 358 g/mol. The molecule has 0 saturated heterocycles. The number of amides is 1. The van der Waals surface area contributed by atoms with E-state index in [0.717, 1.165) is 34.4 Å². The van der Waals surface area contributed by atoms with Crippen LogP contribution in [0, 0.1) is 0 Å². The topological polar surface area (TPSA) is 38.3 Å². The molecule has 0 aliphatic rings. The number of carbonyl (C=O) groups is 1. The van der Waals surface area contributed by atoms with Gasteiger partial charge in [0.05, 0.1) is 0 Å². The predicted octanol–water partition coefficient (Wildman–Crippen LogP) is 5.40. The lowest BCUT2D eigenvalue weighted by Gasteiger charge is -2.18. The molecule has 3 rings (SSSR count). The van der Waals surface area contributed by atoms with Crippen molar-refractivity contribution < 1.29 is 9.53 Å². The monoisotopic (exact) mass is 381 g/mol. The highest BCUT2D eigenvalue weighted by Crippen LogP contribution is 2.26. The average Bonchev–Trinajstić information content (AvgIpc) is 2.70. The smallest absolute Gasteiger partial charge is 0.261 e. The number of fused-ring (bicyclic) bond motifs is 1. The molecule has 4 heteroatoms. The van der Waals surface area contributed by atoms with Crippen LogP contribution >= 0.6 is 11.6 Å². The Hall–Kier alpha value is -2.52. The van der Waals surface area contributed by atoms with Crippen molar-refractivity contribution in [2.45, 2.75) is 32.3 Å². The molecule has 1 N–H and O–H groups in total. The van der Waals surface area contributed by atoms with Crippen molar-refractivity contribution in [1.29, 1.82) is 0 Å². The lowest BCUT2D eigenvalue weighted by Crippen LogP contribution is -2.38. The van der Waals surface area contributed by atoms with Gasteiger partial charge in [0, 0.05) is 17.0 Å². The van der Waals surface area contributed by atoms with Gasteiger partial charge >= 0.3 is 0 Å². The third kappa shape index (κ3) is 5.24. The van der Waals surface area contributed by atoms with Gasteiger partial charge in [0.15, 0.2) is 6.10 Å². The third-order valence-electron chi connectivity index (χ3n) is 4.54. The zero-order valence-corrected chi connectivity index (χ0v) is 16.2. The van der Waals surface area contributed by atoms with Gasteiger partial charge < -0.3 is 10.1 Å². The van der Waals surface area contributed by atoms with Crippen LogP contribution in [0.5, 0.6) is 5.75 Å². The van der Waals surface area contributed by atoms with Crippen molar-refractivity contribution in [3.05, 3.63) is 77.3 Å². The summed E-state index contributed by atoms with van der Waals surface area (Å²) in [4.78, 5) is 12.5. The summed E-state index contributed by atoms with van der Waals surface area (Å²) in [5.41, 5.74) is 1.22. The zero-order chi connectivity index (χ0) is 19.1. The van der Waals surface area contributed by atoms with E-state index in [9.17, 15) is 4.79 Å². The second kappa shape index (κ2) is 9.43. The molecule has 140 valence electrons. The number of hydrogen-bond acceptors (Lipinski definition) is 2. The molecule has 3 aromatic rings. The normalized spacial score (nSPS) is 11.9.